The molecule has 1 N–H and O–H groups in total. The van der Waals surface area contributed by atoms with E-state index in [9.17, 15) is 9.59 Å². The van der Waals surface area contributed by atoms with E-state index >= 15 is 0 Å². The molecule has 176 valence electrons. The van der Waals surface area contributed by atoms with Crippen LogP contribution in [0.5, 0.6) is 0 Å². The largest absolute Gasteiger partial charge is 0.322 e. The summed E-state index contributed by atoms with van der Waals surface area (Å²) in [6.07, 6.45) is 5.61. The number of anilines is 2. The van der Waals surface area contributed by atoms with E-state index in [1.165, 1.54) is 19.3 Å². The number of pyridine rings is 1. The van der Waals surface area contributed by atoms with Crippen molar-refractivity contribution in [2.75, 3.05) is 36.4 Å². The molecule has 2 fully saturated rings. The van der Waals surface area contributed by atoms with Crippen LogP contribution in [0.2, 0.25) is 0 Å². The van der Waals surface area contributed by atoms with E-state index in [2.05, 4.69) is 27.0 Å². The lowest BCUT2D eigenvalue weighted by molar-refractivity contribution is -0.121. The van der Waals surface area contributed by atoms with Gasteiger partial charge in [-0.3, -0.25) is 14.5 Å². The molecule has 1 aromatic heterocycles. The first-order valence-corrected chi connectivity index (χ1v) is 12.1. The van der Waals surface area contributed by atoms with E-state index in [4.69, 9.17) is 0 Å². The lowest BCUT2D eigenvalue weighted by Crippen LogP contribution is -2.52. The number of nitrogens with one attached hydrogen (secondary N) is 1. The molecular weight excluding hydrogens is 436 g/mol. The van der Waals surface area contributed by atoms with Gasteiger partial charge in [0.15, 0.2) is 0 Å². The minimum atomic E-state index is -0.206. The Morgan fingerprint density at radius 3 is 2.57 bits per heavy atom. The zero-order valence-electron chi connectivity index (χ0n) is 19.6. The maximum atomic E-state index is 12.8. The Labute approximate surface area is 206 Å². The highest BCUT2D eigenvalue weighted by Crippen LogP contribution is 2.28. The number of benzene rings is 2. The molecule has 2 heterocycles. The highest BCUT2D eigenvalue weighted by Gasteiger charge is 2.28. The van der Waals surface area contributed by atoms with Gasteiger partial charge in [-0.25, -0.2) is 4.98 Å². The van der Waals surface area contributed by atoms with Gasteiger partial charge in [-0.1, -0.05) is 24.5 Å². The molecule has 0 radical (unpaired) electrons. The monoisotopic (exact) mass is 464 g/mol. The van der Waals surface area contributed by atoms with E-state index in [1.807, 2.05) is 59.5 Å². The standard InChI is InChI=1S/C29H28N4O2/c34-28-21-32(20-23-6-3-7-23)17-18-33(28)27-14-11-24(12-15-27)29(35)31-26-9-4-5-22(19-26)10-13-25-8-1-2-16-30-25/h1-2,4-5,8-9,11-12,14-16,19,23H,3,6-7,17-18,20-21H2,(H,31,35). The number of piperazine rings is 1. The Balaban J connectivity index is 1.19. The summed E-state index contributed by atoms with van der Waals surface area (Å²) in [6.45, 7) is 3.08. The van der Waals surface area contributed by atoms with Gasteiger partial charge in [0.05, 0.1) is 6.54 Å². The van der Waals surface area contributed by atoms with E-state index in [0.29, 0.717) is 30.0 Å². The molecule has 3 aromatic rings. The van der Waals surface area contributed by atoms with Crippen LogP contribution in [0.1, 0.15) is 40.9 Å². The summed E-state index contributed by atoms with van der Waals surface area (Å²) in [5.74, 6) is 6.78. The highest BCUT2D eigenvalue weighted by molar-refractivity contribution is 6.05. The Kier molecular flexibility index (Phi) is 6.87. The molecule has 1 saturated carbocycles. The van der Waals surface area contributed by atoms with Crippen molar-refractivity contribution in [2.45, 2.75) is 19.3 Å². The number of aromatic nitrogens is 1. The highest BCUT2D eigenvalue weighted by atomic mass is 16.2. The van der Waals surface area contributed by atoms with Crippen molar-refractivity contribution in [3.05, 3.63) is 89.7 Å². The number of hydrogen-bond donors (Lipinski definition) is 1. The lowest BCUT2D eigenvalue weighted by Gasteiger charge is -2.38. The molecule has 1 saturated heterocycles. The summed E-state index contributed by atoms with van der Waals surface area (Å²) >= 11 is 0. The molecule has 0 atom stereocenters. The summed E-state index contributed by atoms with van der Waals surface area (Å²) in [4.78, 5) is 33.8. The van der Waals surface area contributed by atoms with Crippen molar-refractivity contribution in [1.29, 1.82) is 0 Å². The van der Waals surface area contributed by atoms with Crippen LogP contribution in [0, 0.1) is 17.8 Å². The lowest BCUT2D eigenvalue weighted by atomic mass is 9.85. The van der Waals surface area contributed by atoms with E-state index < -0.39 is 0 Å². The molecule has 6 nitrogen and oxygen atoms in total. The van der Waals surface area contributed by atoms with Crippen LogP contribution in [-0.4, -0.2) is 47.9 Å². The second kappa shape index (κ2) is 10.5. The summed E-state index contributed by atoms with van der Waals surface area (Å²) in [6, 6.07) is 20.3. The number of hydrogen-bond acceptors (Lipinski definition) is 4. The molecule has 2 amide bonds. The molecule has 2 aliphatic rings. The van der Waals surface area contributed by atoms with Crippen LogP contribution in [0.25, 0.3) is 0 Å². The van der Waals surface area contributed by atoms with Crippen molar-refractivity contribution < 1.29 is 9.59 Å². The molecule has 1 aliphatic heterocycles. The van der Waals surface area contributed by atoms with Gasteiger partial charge in [0, 0.05) is 48.3 Å². The molecule has 2 aromatic carbocycles. The molecular formula is C29H28N4O2. The van der Waals surface area contributed by atoms with Gasteiger partial charge in [-0.15, -0.1) is 0 Å². The normalized spacial score (nSPS) is 16.2. The van der Waals surface area contributed by atoms with Crippen molar-refractivity contribution in [2.24, 2.45) is 5.92 Å². The van der Waals surface area contributed by atoms with Crippen LogP contribution < -0.4 is 10.2 Å². The molecule has 1 aliphatic carbocycles. The molecule has 0 unspecified atom stereocenters. The van der Waals surface area contributed by atoms with Gasteiger partial charge in [-0.05, 0) is 79.3 Å². The third kappa shape index (κ3) is 5.76. The molecule has 0 bridgehead atoms. The predicted octanol–water partition coefficient (Wildman–Crippen LogP) is 4.18. The van der Waals surface area contributed by atoms with Crippen molar-refractivity contribution in [3.8, 4) is 11.8 Å². The van der Waals surface area contributed by atoms with Crippen LogP contribution in [0.15, 0.2) is 72.9 Å². The van der Waals surface area contributed by atoms with Crippen LogP contribution in [0.4, 0.5) is 11.4 Å². The van der Waals surface area contributed by atoms with Crippen LogP contribution >= 0.6 is 0 Å². The maximum absolute atomic E-state index is 12.8. The molecule has 35 heavy (non-hydrogen) atoms. The molecule has 6 heteroatoms. The van der Waals surface area contributed by atoms with Gasteiger partial charge < -0.3 is 10.2 Å². The Bertz CT molecular complexity index is 1260. The Morgan fingerprint density at radius 2 is 1.86 bits per heavy atom. The van der Waals surface area contributed by atoms with Crippen molar-refractivity contribution in [1.82, 2.24) is 9.88 Å². The van der Waals surface area contributed by atoms with Crippen molar-refractivity contribution >= 4 is 23.2 Å². The summed E-state index contributed by atoms with van der Waals surface area (Å²) < 4.78 is 0. The van der Waals surface area contributed by atoms with E-state index in [0.717, 1.165) is 30.3 Å². The second-order valence-corrected chi connectivity index (χ2v) is 9.12. The minimum absolute atomic E-state index is 0.122. The SMILES string of the molecule is O=C(Nc1cccc(C#Cc2ccccn2)c1)c1ccc(N2CCN(CC3CCC3)CC2=O)cc1. The van der Waals surface area contributed by atoms with Gasteiger partial charge in [0.1, 0.15) is 5.69 Å². The number of nitrogens with zero attached hydrogens (tertiary/aromatic N) is 3. The van der Waals surface area contributed by atoms with Gasteiger partial charge in [0.25, 0.3) is 5.91 Å². The summed E-state index contributed by atoms with van der Waals surface area (Å²) in [5.41, 5.74) is 3.53. The first kappa shape index (κ1) is 22.8. The zero-order chi connectivity index (χ0) is 24.0. The Morgan fingerprint density at radius 1 is 1.00 bits per heavy atom. The van der Waals surface area contributed by atoms with Gasteiger partial charge in [-0.2, -0.15) is 0 Å². The van der Waals surface area contributed by atoms with Crippen molar-refractivity contribution in [3.63, 3.8) is 0 Å². The van der Waals surface area contributed by atoms with Gasteiger partial charge >= 0.3 is 0 Å². The zero-order valence-corrected chi connectivity index (χ0v) is 19.6. The third-order valence-electron chi connectivity index (χ3n) is 6.60. The quantitative estimate of drug-likeness (QED) is 0.576. The average Bonchev–Trinajstić information content (AvgIpc) is 2.86. The fourth-order valence-corrected chi connectivity index (χ4v) is 4.43. The topological polar surface area (TPSA) is 65.5 Å². The number of rotatable bonds is 5. The fourth-order valence-electron chi connectivity index (χ4n) is 4.43. The van der Waals surface area contributed by atoms with Gasteiger partial charge in [0.2, 0.25) is 5.91 Å². The molecule has 5 rings (SSSR count). The van der Waals surface area contributed by atoms with E-state index in [1.54, 1.807) is 18.3 Å². The maximum Gasteiger partial charge on any atom is 0.255 e. The fraction of sp³-hybridized carbons (Fsp3) is 0.276. The summed E-state index contributed by atoms with van der Waals surface area (Å²) in [7, 11) is 0. The van der Waals surface area contributed by atoms with Crippen LogP contribution in [0.3, 0.4) is 0 Å². The number of carbonyl (C=O) groups is 2. The molecule has 0 spiro atoms. The minimum Gasteiger partial charge on any atom is -0.322 e. The second-order valence-electron chi connectivity index (χ2n) is 9.12. The number of amides is 2. The third-order valence-corrected chi connectivity index (χ3v) is 6.60. The Hall–Kier alpha value is -3.95. The first-order valence-electron chi connectivity index (χ1n) is 12.1. The predicted molar refractivity (Wildman–Crippen MR) is 137 cm³/mol. The summed E-state index contributed by atoms with van der Waals surface area (Å²) in [5, 5.41) is 2.93. The van der Waals surface area contributed by atoms with Crippen LogP contribution in [-0.2, 0) is 4.79 Å². The number of carbonyl (C=O) groups excluding carboxylic acids is 2. The van der Waals surface area contributed by atoms with E-state index in [-0.39, 0.29) is 11.8 Å². The smallest absolute Gasteiger partial charge is 0.255 e. The average molecular weight is 465 g/mol. The first-order chi connectivity index (χ1) is 17.1.